The third-order valence-corrected chi connectivity index (χ3v) is 3.78. The number of hydrogen-bond acceptors (Lipinski definition) is 4. The molecular formula is C19H20FNO5. The van der Waals surface area contributed by atoms with Crippen molar-refractivity contribution in [3.8, 4) is 11.5 Å². The minimum atomic E-state index is -1.06. The highest BCUT2D eigenvalue weighted by atomic mass is 19.1. The fourth-order valence-electron chi connectivity index (χ4n) is 2.57. The number of amides is 1. The Morgan fingerprint density at radius 3 is 2.46 bits per heavy atom. The van der Waals surface area contributed by atoms with Crippen molar-refractivity contribution in [3.05, 3.63) is 59.4 Å². The van der Waals surface area contributed by atoms with E-state index in [0.29, 0.717) is 22.6 Å². The Balaban J connectivity index is 2.19. The summed E-state index contributed by atoms with van der Waals surface area (Å²) in [4.78, 5) is 23.5. The zero-order valence-corrected chi connectivity index (χ0v) is 14.5. The number of aliphatic carboxylic acids is 1. The van der Waals surface area contributed by atoms with Crippen molar-refractivity contribution in [2.24, 2.45) is 0 Å². The average Bonchev–Trinajstić information content (AvgIpc) is 2.60. The maximum atomic E-state index is 13.2. The summed E-state index contributed by atoms with van der Waals surface area (Å²) in [6.07, 6.45) is -0.356. The molecule has 0 aliphatic heterocycles. The highest BCUT2D eigenvalue weighted by Gasteiger charge is 2.20. The number of hydrogen-bond donors (Lipinski definition) is 2. The van der Waals surface area contributed by atoms with Crippen LogP contribution in [0, 0.1) is 5.82 Å². The third kappa shape index (κ3) is 5.20. The van der Waals surface area contributed by atoms with E-state index >= 15 is 0 Å². The molecule has 1 unspecified atom stereocenters. The lowest BCUT2D eigenvalue weighted by Crippen LogP contribution is -2.31. The Hall–Kier alpha value is -3.09. The van der Waals surface area contributed by atoms with Crippen LogP contribution in [0.4, 0.5) is 4.39 Å². The first-order valence-electron chi connectivity index (χ1n) is 7.90. The Kier molecular flexibility index (Phi) is 6.54. The summed E-state index contributed by atoms with van der Waals surface area (Å²) in [5, 5.41) is 11.8. The van der Waals surface area contributed by atoms with Crippen molar-refractivity contribution in [1.82, 2.24) is 5.32 Å². The Morgan fingerprint density at radius 1 is 1.12 bits per heavy atom. The maximum Gasteiger partial charge on any atom is 0.305 e. The van der Waals surface area contributed by atoms with E-state index in [9.17, 15) is 14.0 Å². The zero-order valence-electron chi connectivity index (χ0n) is 14.5. The van der Waals surface area contributed by atoms with Crippen molar-refractivity contribution >= 4 is 11.9 Å². The number of methoxy groups -OCH3 is 2. The molecule has 0 saturated heterocycles. The van der Waals surface area contributed by atoms with Gasteiger partial charge in [0.1, 0.15) is 5.82 Å². The van der Waals surface area contributed by atoms with E-state index in [1.54, 1.807) is 24.3 Å². The van der Waals surface area contributed by atoms with Gasteiger partial charge in [-0.3, -0.25) is 9.59 Å². The van der Waals surface area contributed by atoms with Crippen LogP contribution in [0.5, 0.6) is 11.5 Å². The maximum absolute atomic E-state index is 13.2. The quantitative estimate of drug-likeness (QED) is 0.755. The average molecular weight is 361 g/mol. The molecule has 1 amide bonds. The van der Waals surface area contributed by atoms with Crippen LogP contribution < -0.4 is 14.8 Å². The Labute approximate surface area is 150 Å². The zero-order chi connectivity index (χ0) is 19.1. The fourth-order valence-corrected chi connectivity index (χ4v) is 2.57. The van der Waals surface area contributed by atoms with Crippen LogP contribution in [0.2, 0.25) is 0 Å². The minimum absolute atomic E-state index is 0.0544. The Morgan fingerprint density at radius 2 is 1.85 bits per heavy atom. The predicted molar refractivity (Wildman–Crippen MR) is 92.8 cm³/mol. The van der Waals surface area contributed by atoms with Gasteiger partial charge in [0.25, 0.3) is 0 Å². The van der Waals surface area contributed by atoms with Crippen molar-refractivity contribution in [2.45, 2.75) is 18.9 Å². The monoisotopic (exact) mass is 361 g/mol. The summed E-state index contributed by atoms with van der Waals surface area (Å²) in [6, 6.07) is 9.87. The molecule has 0 heterocycles. The van der Waals surface area contributed by atoms with E-state index in [-0.39, 0.29) is 12.8 Å². The number of carbonyl (C=O) groups excluding carboxylic acids is 1. The molecule has 0 aliphatic rings. The topological polar surface area (TPSA) is 84.9 Å². The van der Waals surface area contributed by atoms with E-state index in [2.05, 4.69) is 5.32 Å². The number of carboxylic acids is 1. The summed E-state index contributed by atoms with van der Waals surface area (Å²) in [6.45, 7) is 0. The van der Waals surface area contributed by atoms with Crippen LogP contribution >= 0.6 is 0 Å². The molecule has 0 fully saturated rings. The largest absolute Gasteiger partial charge is 0.493 e. The van der Waals surface area contributed by atoms with Crippen LogP contribution in [0.15, 0.2) is 42.5 Å². The number of rotatable bonds is 8. The molecule has 1 atom stereocenters. The van der Waals surface area contributed by atoms with Gasteiger partial charge in [0.2, 0.25) is 5.91 Å². The van der Waals surface area contributed by atoms with Gasteiger partial charge >= 0.3 is 5.97 Å². The second-order valence-electron chi connectivity index (χ2n) is 5.64. The van der Waals surface area contributed by atoms with E-state index in [0.717, 1.165) is 0 Å². The molecule has 2 aromatic carbocycles. The molecule has 2 rings (SSSR count). The first kappa shape index (κ1) is 19.2. The number of halogens is 1. The van der Waals surface area contributed by atoms with Gasteiger partial charge in [-0.2, -0.15) is 0 Å². The van der Waals surface area contributed by atoms with E-state index in [4.69, 9.17) is 14.6 Å². The van der Waals surface area contributed by atoms with Gasteiger partial charge < -0.3 is 19.9 Å². The molecule has 6 nitrogen and oxygen atoms in total. The lowest BCUT2D eigenvalue weighted by molar-refractivity contribution is -0.137. The van der Waals surface area contributed by atoms with Crippen LogP contribution in [0.3, 0.4) is 0 Å². The first-order valence-corrected chi connectivity index (χ1v) is 7.90. The molecule has 0 aromatic heterocycles. The number of nitrogens with one attached hydrogen (secondary N) is 1. The van der Waals surface area contributed by atoms with Gasteiger partial charge in [-0.1, -0.05) is 18.2 Å². The van der Waals surface area contributed by atoms with Crippen molar-refractivity contribution < 1.29 is 28.6 Å². The summed E-state index contributed by atoms with van der Waals surface area (Å²) < 4.78 is 23.6. The van der Waals surface area contributed by atoms with Crippen LogP contribution in [0.1, 0.15) is 23.6 Å². The third-order valence-electron chi connectivity index (χ3n) is 3.78. The van der Waals surface area contributed by atoms with Gasteiger partial charge in [-0.15, -0.1) is 0 Å². The molecule has 0 bridgehead atoms. The first-order chi connectivity index (χ1) is 12.4. The summed E-state index contributed by atoms with van der Waals surface area (Å²) in [5.41, 5.74) is 1.07. The standard InChI is InChI=1S/C19H20FNO5/c1-25-16-7-6-13(10-17(16)26-2)15(11-19(23)24)21-18(22)9-12-4-3-5-14(20)8-12/h3-8,10,15H,9,11H2,1-2H3,(H,21,22)(H,23,24). The lowest BCUT2D eigenvalue weighted by atomic mass is 10.0. The Bertz CT molecular complexity index is 793. The highest BCUT2D eigenvalue weighted by molar-refractivity contribution is 5.80. The van der Waals surface area contributed by atoms with Crippen molar-refractivity contribution in [1.29, 1.82) is 0 Å². The SMILES string of the molecule is COc1ccc(C(CC(=O)O)NC(=O)Cc2cccc(F)c2)cc1OC. The molecule has 2 aromatic rings. The van der Waals surface area contributed by atoms with Crippen LogP contribution in [-0.2, 0) is 16.0 Å². The lowest BCUT2D eigenvalue weighted by Gasteiger charge is -2.19. The van der Waals surface area contributed by atoms with Gasteiger partial charge in [-0.25, -0.2) is 4.39 Å². The van der Waals surface area contributed by atoms with E-state index in [1.165, 1.54) is 32.4 Å². The molecule has 0 aliphatic carbocycles. The fraction of sp³-hybridized carbons (Fsp3) is 0.263. The summed E-state index contributed by atoms with van der Waals surface area (Å²) >= 11 is 0. The highest BCUT2D eigenvalue weighted by Crippen LogP contribution is 2.31. The molecule has 138 valence electrons. The number of carbonyl (C=O) groups is 2. The number of ether oxygens (including phenoxy) is 2. The number of benzene rings is 2. The normalized spacial score (nSPS) is 11.5. The number of carboxylic acid groups (broad SMARTS) is 1. The molecule has 0 radical (unpaired) electrons. The predicted octanol–water partition coefficient (Wildman–Crippen LogP) is 2.72. The molecule has 7 heteroatoms. The molecule has 26 heavy (non-hydrogen) atoms. The van der Waals surface area contributed by atoms with Gasteiger partial charge in [0.15, 0.2) is 11.5 Å². The smallest absolute Gasteiger partial charge is 0.305 e. The van der Waals surface area contributed by atoms with E-state index in [1.807, 2.05) is 0 Å². The molecule has 2 N–H and O–H groups in total. The van der Waals surface area contributed by atoms with Crippen molar-refractivity contribution in [2.75, 3.05) is 14.2 Å². The van der Waals surface area contributed by atoms with Gasteiger partial charge in [-0.05, 0) is 35.4 Å². The van der Waals surface area contributed by atoms with Gasteiger partial charge in [0, 0.05) is 0 Å². The van der Waals surface area contributed by atoms with Gasteiger partial charge in [0.05, 0.1) is 33.1 Å². The second-order valence-corrected chi connectivity index (χ2v) is 5.64. The van der Waals surface area contributed by atoms with Crippen molar-refractivity contribution in [3.63, 3.8) is 0 Å². The summed E-state index contributed by atoms with van der Waals surface area (Å²) in [5.74, 6) is -0.971. The molecular weight excluding hydrogens is 341 g/mol. The molecule has 0 spiro atoms. The summed E-state index contributed by atoms with van der Waals surface area (Å²) in [7, 11) is 2.96. The van der Waals surface area contributed by atoms with Crippen LogP contribution in [-0.4, -0.2) is 31.2 Å². The van der Waals surface area contributed by atoms with E-state index < -0.39 is 23.7 Å². The minimum Gasteiger partial charge on any atom is -0.493 e. The second kappa shape index (κ2) is 8.84. The van der Waals surface area contributed by atoms with Crippen LogP contribution in [0.25, 0.3) is 0 Å². The molecule has 0 saturated carbocycles.